The molecule has 0 unspecified atom stereocenters. The molecule has 0 spiro atoms. The van der Waals surface area contributed by atoms with E-state index in [1.165, 1.54) is 0 Å². The summed E-state index contributed by atoms with van der Waals surface area (Å²) in [5, 5.41) is 0. The zero-order valence-electron chi connectivity index (χ0n) is 18.1. The number of rotatable bonds is 7. The summed E-state index contributed by atoms with van der Waals surface area (Å²) in [5.74, 6) is -0.0466. The van der Waals surface area contributed by atoms with Crippen molar-refractivity contribution < 1.29 is 23.9 Å². The number of ether oxygens (including phenoxy) is 2. The van der Waals surface area contributed by atoms with Gasteiger partial charge in [0.05, 0.1) is 25.9 Å². The number of carbonyl (C=O) groups is 3. The van der Waals surface area contributed by atoms with Gasteiger partial charge in [0.15, 0.2) is 0 Å². The molecule has 3 aliphatic heterocycles. The maximum atomic E-state index is 13.0. The van der Waals surface area contributed by atoms with E-state index >= 15 is 0 Å². The highest BCUT2D eigenvalue weighted by Crippen LogP contribution is 2.31. The van der Waals surface area contributed by atoms with Gasteiger partial charge in [0, 0.05) is 32.6 Å². The molecule has 3 amide bonds. The summed E-state index contributed by atoms with van der Waals surface area (Å²) in [6.45, 7) is 7.54. The Morgan fingerprint density at radius 3 is 2.50 bits per heavy atom. The van der Waals surface area contributed by atoms with Gasteiger partial charge >= 0.3 is 12.0 Å². The summed E-state index contributed by atoms with van der Waals surface area (Å²) in [4.78, 5) is 42.7. The Hall–Kier alpha value is -1.87. The molecule has 170 valence electrons. The highest BCUT2D eigenvalue weighted by atomic mass is 16.5. The number of piperidine rings is 1. The minimum atomic E-state index is -0.261. The number of hydrogen-bond donors (Lipinski definition) is 1. The van der Waals surface area contributed by atoms with Gasteiger partial charge in [-0.1, -0.05) is 0 Å². The number of primary amides is 1. The third-order valence-electron chi connectivity index (χ3n) is 6.66. The predicted molar refractivity (Wildman–Crippen MR) is 111 cm³/mol. The van der Waals surface area contributed by atoms with E-state index < -0.39 is 0 Å². The van der Waals surface area contributed by atoms with E-state index in [-0.39, 0.29) is 35.8 Å². The second-order valence-electron chi connectivity index (χ2n) is 8.53. The van der Waals surface area contributed by atoms with Crippen LogP contribution in [0.2, 0.25) is 0 Å². The molecular formula is C21H36N4O5. The number of nitrogens with zero attached hydrogens (tertiary/aromatic N) is 3. The molecule has 0 radical (unpaired) electrons. The molecule has 0 aromatic rings. The lowest BCUT2D eigenvalue weighted by atomic mass is 9.81. The van der Waals surface area contributed by atoms with Crippen LogP contribution in [0.4, 0.5) is 4.79 Å². The van der Waals surface area contributed by atoms with Gasteiger partial charge in [-0.25, -0.2) is 4.79 Å². The standard InChI is InChI=1S/C21H36N4O5/c1-2-30-19(26)14-16-5-9-25(21(28)24-10-12-29-13-11-24)15-17(16)6-8-23-7-3-4-18(23)20(22)27/h16-18H,2-15H2,1H3,(H2,22,27)/t16-,17-,18-/m0/s1. The normalized spacial score (nSPS) is 27.8. The van der Waals surface area contributed by atoms with Crippen LogP contribution in [0, 0.1) is 11.8 Å². The summed E-state index contributed by atoms with van der Waals surface area (Å²) in [5.41, 5.74) is 5.56. The fourth-order valence-corrected chi connectivity index (χ4v) is 4.99. The minimum Gasteiger partial charge on any atom is -0.466 e. The topological polar surface area (TPSA) is 105 Å². The third kappa shape index (κ3) is 5.85. The van der Waals surface area contributed by atoms with E-state index in [1.54, 1.807) is 0 Å². The van der Waals surface area contributed by atoms with E-state index in [0.29, 0.717) is 52.4 Å². The molecule has 3 rings (SSSR count). The Labute approximate surface area is 178 Å². The average molecular weight is 425 g/mol. The molecule has 0 bridgehead atoms. The van der Waals surface area contributed by atoms with Crippen LogP contribution in [0.25, 0.3) is 0 Å². The third-order valence-corrected chi connectivity index (χ3v) is 6.66. The Morgan fingerprint density at radius 1 is 1.03 bits per heavy atom. The number of carbonyl (C=O) groups excluding carboxylic acids is 3. The molecule has 3 saturated heterocycles. The molecule has 0 aromatic carbocycles. The van der Waals surface area contributed by atoms with Crippen LogP contribution >= 0.6 is 0 Å². The number of amides is 3. The van der Waals surface area contributed by atoms with Gasteiger partial charge < -0.3 is 25.0 Å². The van der Waals surface area contributed by atoms with Crippen LogP contribution in [0.5, 0.6) is 0 Å². The quantitative estimate of drug-likeness (QED) is 0.602. The van der Waals surface area contributed by atoms with E-state index in [1.807, 2.05) is 16.7 Å². The highest BCUT2D eigenvalue weighted by Gasteiger charge is 2.36. The first-order valence-electron chi connectivity index (χ1n) is 11.3. The van der Waals surface area contributed by atoms with Gasteiger partial charge in [0.2, 0.25) is 5.91 Å². The molecule has 3 atom stereocenters. The van der Waals surface area contributed by atoms with Crippen LogP contribution in [0.3, 0.4) is 0 Å². The molecule has 30 heavy (non-hydrogen) atoms. The van der Waals surface area contributed by atoms with Crippen molar-refractivity contribution in [2.24, 2.45) is 17.6 Å². The van der Waals surface area contributed by atoms with Crippen LogP contribution in [-0.4, -0.2) is 97.7 Å². The first kappa shape index (κ1) is 22.8. The van der Waals surface area contributed by atoms with Crippen molar-refractivity contribution in [3.05, 3.63) is 0 Å². The maximum absolute atomic E-state index is 13.0. The molecule has 3 aliphatic rings. The van der Waals surface area contributed by atoms with Crippen molar-refractivity contribution in [2.45, 2.75) is 45.1 Å². The SMILES string of the molecule is CCOC(=O)C[C@@H]1CCN(C(=O)N2CCOCC2)C[C@@H]1CCN1CCC[C@H]1C(N)=O. The van der Waals surface area contributed by atoms with Crippen LogP contribution in [0.15, 0.2) is 0 Å². The molecule has 3 heterocycles. The van der Waals surface area contributed by atoms with Gasteiger partial charge in [-0.2, -0.15) is 0 Å². The summed E-state index contributed by atoms with van der Waals surface area (Å²) in [6, 6.07) is -0.128. The second kappa shape index (κ2) is 10.9. The lowest BCUT2D eigenvalue weighted by Crippen LogP contribution is -2.53. The molecule has 0 saturated carbocycles. The average Bonchev–Trinajstić information content (AvgIpc) is 3.22. The summed E-state index contributed by atoms with van der Waals surface area (Å²) in [7, 11) is 0. The largest absolute Gasteiger partial charge is 0.466 e. The lowest BCUT2D eigenvalue weighted by Gasteiger charge is -2.41. The van der Waals surface area contributed by atoms with Gasteiger partial charge in [-0.15, -0.1) is 0 Å². The monoisotopic (exact) mass is 424 g/mol. The van der Waals surface area contributed by atoms with Crippen molar-refractivity contribution in [1.29, 1.82) is 0 Å². The first-order valence-corrected chi connectivity index (χ1v) is 11.3. The van der Waals surface area contributed by atoms with E-state index in [4.69, 9.17) is 15.2 Å². The number of morpholine rings is 1. The molecule has 3 fully saturated rings. The number of hydrogen-bond acceptors (Lipinski definition) is 6. The minimum absolute atomic E-state index is 0.0640. The summed E-state index contributed by atoms with van der Waals surface area (Å²) >= 11 is 0. The van der Waals surface area contributed by atoms with Gasteiger partial charge in [-0.05, 0) is 57.5 Å². The predicted octanol–water partition coefficient (Wildman–Crippen LogP) is 0.670. The summed E-state index contributed by atoms with van der Waals surface area (Å²) in [6.07, 6.45) is 3.80. The fraction of sp³-hybridized carbons (Fsp3) is 0.857. The van der Waals surface area contributed by atoms with Crippen molar-refractivity contribution in [1.82, 2.24) is 14.7 Å². The van der Waals surface area contributed by atoms with E-state index in [2.05, 4.69) is 4.90 Å². The molecular weight excluding hydrogens is 388 g/mol. The highest BCUT2D eigenvalue weighted by molar-refractivity contribution is 5.80. The van der Waals surface area contributed by atoms with Crippen molar-refractivity contribution >= 4 is 17.9 Å². The summed E-state index contributed by atoms with van der Waals surface area (Å²) < 4.78 is 10.5. The zero-order valence-corrected chi connectivity index (χ0v) is 18.1. The number of likely N-dealkylation sites (tertiary alicyclic amines) is 2. The fourth-order valence-electron chi connectivity index (χ4n) is 4.99. The zero-order chi connectivity index (χ0) is 21.5. The molecule has 0 aliphatic carbocycles. The van der Waals surface area contributed by atoms with Crippen molar-refractivity contribution in [2.75, 3.05) is 59.1 Å². The lowest BCUT2D eigenvalue weighted by molar-refractivity contribution is -0.145. The van der Waals surface area contributed by atoms with Gasteiger partial charge in [0.1, 0.15) is 0 Å². The Kier molecular flexibility index (Phi) is 8.32. The second-order valence-corrected chi connectivity index (χ2v) is 8.53. The smallest absolute Gasteiger partial charge is 0.320 e. The van der Waals surface area contributed by atoms with Crippen molar-refractivity contribution in [3.63, 3.8) is 0 Å². The van der Waals surface area contributed by atoms with Crippen LogP contribution in [0.1, 0.15) is 39.0 Å². The van der Waals surface area contributed by atoms with E-state index in [9.17, 15) is 14.4 Å². The molecule has 0 aromatic heterocycles. The van der Waals surface area contributed by atoms with Crippen LogP contribution < -0.4 is 5.73 Å². The Morgan fingerprint density at radius 2 is 1.80 bits per heavy atom. The number of nitrogens with two attached hydrogens (primary N) is 1. The molecule has 9 heteroatoms. The van der Waals surface area contributed by atoms with Crippen molar-refractivity contribution in [3.8, 4) is 0 Å². The Bertz CT molecular complexity index is 610. The maximum Gasteiger partial charge on any atom is 0.320 e. The van der Waals surface area contributed by atoms with Gasteiger partial charge in [0.25, 0.3) is 0 Å². The first-order chi connectivity index (χ1) is 14.5. The molecule has 2 N–H and O–H groups in total. The van der Waals surface area contributed by atoms with Gasteiger partial charge in [-0.3, -0.25) is 14.5 Å². The number of esters is 1. The van der Waals surface area contributed by atoms with Crippen LogP contribution in [-0.2, 0) is 19.1 Å². The molecule has 9 nitrogen and oxygen atoms in total. The van der Waals surface area contributed by atoms with E-state index in [0.717, 1.165) is 38.8 Å². The Balaban J connectivity index is 1.62. The number of urea groups is 1.